The highest BCUT2D eigenvalue weighted by Crippen LogP contribution is 2.07. The predicted octanol–water partition coefficient (Wildman–Crippen LogP) is 0.860. The lowest BCUT2D eigenvalue weighted by atomic mass is 9.88. The quantitative estimate of drug-likeness (QED) is 0.528. The lowest BCUT2D eigenvalue weighted by Crippen LogP contribution is -2.19. The summed E-state index contributed by atoms with van der Waals surface area (Å²) in [4.78, 5) is 0. The summed E-state index contributed by atoms with van der Waals surface area (Å²) in [6.45, 7) is 0.556. The molecule has 4 nitrogen and oxygen atoms in total. The molecule has 0 amide bonds. The maximum Gasteiger partial charge on any atom is 0.452 e. The van der Waals surface area contributed by atoms with Gasteiger partial charge in [-0.2, -0.15) is 0 Å². The molecule has 0 saturated heterocycles. The Kier molecular flexibility index (Phi) is 5.78. The molecule has 1 heterocycles. The number of thioether (sulfide) groups is 1. The van der Waals surface area contributed by atoms with Gasteiger partial charge in [-0.1, -0.05) is 24.0 Å². The second-order valence-electron chi connectivity index (χ2n) is 2.84. The van der Waals surface area contributed by atoms with Crippen molar-refractivity contribution < 1.29 is 14.5 Å². The van der Waals surface area contributed by atoms with Gasteiger partial charge in [-0.25, -0.2) is 0 Å². The Balaban J connectivity index is 2.09. The Morgan fingerprint density at radius 2 is 2.40 bits per heavy atom. The molecule has 0 atom stereocenters. The molecule has 0 aliphatic heterocycles. The molecule has 0 unspecified atom stereocenters. The first-order valence-corrected chi connectivity index (χ1v) is 5.87. The molecule has 82 valence electrons. The van der Waals surface area contributed by atoms with E-state index in [2.05, 4.69) is 5.32 Å². The summed E-state index contributed by atoms with van der Waals surface area (Å²) in [5.74, 6) is 1.40. The maximum absolute atomic E-state index is 8.61. The van der Waals surface area contributed by atoms with Gasteiger partial charge in [-0.15, -0.1) is 0 Å². The number of hydrogen-bond acceptors (Lipinski definition) is 5. The van der Waals surface area contributed by atoms with Crippen LogP contribution in [0.3, 0.4) is 0 Å². The first-order chi connectivity index (χ1) is 7.18. The van der Waals surface area contributed by atoms with Crippen molar-refractivity contribution >= 4 is 35.4 Å². The Hall–Kier alpha value is -0.495. The molecular weight excluding hydrogens is 233 g/mol. The van der Waals surface area contributed by atoms with Crippen LogP contribution in [0, 0.1) is 0 Å². The molecule has 0 saturated carbocycles. The molecule has 0 spiro atoms. The van der Waals surface area contributed by atoms with Gasteiger partial charge in [0.15, 0.2) is 0 Å². The Morgan fingerprint density at radius 3 is 3.00 bits per heavy atom. The fourth-order valence-electron chi connectivity index (χ4n) is 0.881. The summed E-state index contributed by atoms with van der Waals surface area (Å²) < 4.78 is 5.75. The lowest BCUT2D eigenvalue weighted by Gasteiger charge is -2.05. The average Bonchev–Trinajstić information content (AvgIpc) is 2.66. The molecule has 15 heavy (non-hydrogen) atoms. The first-order valence-electron chi connectivity index (χ1n) is 4.47. The van der Waals surface area contributed by atoms with Crippen molar-refractivity contribution in [2.24, 2.45) is 0 Å². The minimum atomic E-state index is -1.26. The third-order valence-corrected chi connectivity index (χ3v) is 2.94. The Bertz CT molecular complexity index is 292. The third-order valence-electron chi connectivity index (χ3n) is 1.60. The summed E-state index contributed by atoms with van der Waals surface area (Å²) in [6, 6.07) is 3.67. The molecule has 0 bridgehead atoms. The van der Waals surface area contributed by atoms with Crippen molar-refractivity contribution in [1.29, 1.82) is 0 Å². The zero-order chi connectivity index (χ0) is 11.1. The molecule has 3 N–H and O–H groups in total. The van der Waals surface area contributed by atoms with E-state index in [-0.39, 0.29) is 0 Å². The molecule has 1 rings (SSSR count). The van der Waals surface area contributed by atoms with Crippen LogP contribution in [0.2, 0.25) is 6.32 Å². The van der Waals surface area contributed by atoms with E-state index in [1.807, 2.05) is 12.1 Å². The van der Waals surface area contributed by atoms with Crippen LogP contribution in [0.25, 0.3) is 0 Å². The van der Waals surface area contributed by atoms with Crippen molar-refractivity contribution in [3.63, 3.8) is 0 Å². The summed E-state index contributed by atoms with van der Waals surface area (Å²) in [7, 11) is -1.26. The fourth-order valence-corrected chi connectivity index (χ4v) is 1.89. The van der Waals surface area contributed by atoms with Gasteiger partial charge in [0, 0.05) is 0 Å². The smallest absolute Gasteiger partial charge is 0.452 e. The van der Waals surface area contributed by atoms with Gasteiger partial charge in [0.2, 0.25) is 0 Å². The maximum atomic E-state index is 8.61. The van der Waals surface area contributed by atoms with Crippen molar-refractivity contribution in [3.05, 3.63) is 24.2 Å². The van der Waals surface area contributed by atoms with E-state index in [9.17, 15) is 0 Å². The van der Waals surface area contributed by atoms with Gasteiger partial charge < -0.3 is 19.8 Å². The van der Waals surface area contributed by atoms with E-state index in [1.54, 1.807) is 6.26 Å². The highest BCUT2D eigenvalue weighted by Gasteiger charge is 2.07. The second kappa shape index (κ2) is 6.89. The number of thiocarbonyl (C=S) groups is 1. The molecule has 0 radical (unpaired) electrons. The number of rotatable bonds is 5. The minimum absolute atomic E-state index is 0.313. The highest BCUT2D eigenvalue weighted by molar-refractivity contribution is 8.23. The van der Waals surface area contributed by atoms with Crippen LogP contribution in [0.5, 0.6) is 0 Å². The third kappa shape index (κ3) is 5.83. The van der Waals surface area contributed by atoms with Gasteiger partial charge in [-0.05, 0) is 24.2 Å². The zero-order valence-corrected chi connectivity index (χ0v) is 9.68. The van der Waals surface area contributed by atoms with Gasteiger partial charge in [0.1, 0.15) is 10.1 Å². The molecular formula is C8H12BNO3S2. The van der Waals surface area contributed by atoms with E-state index in [4.69, 9.17) is 26.7 Å². The summed E-state index contributed by atoms with van der Waals surface area (Å²) in [5, 5.41) is 20.2. The number of hydrogen-bond donors (Lipinski definition) is 3. The Morgan fingerprint density at radius 1 is 1.60 bits per heavy atom. The topological polar surface area (TPSA) is 65.6 Å². The normalized spacial score (nSPS) is 10.0. The monoisotopic (exact) mass is 245 g/mol. The van der Waals surface area contributed by atoms with Crippen molar-refractivity contribution in [2.45, 2.75) is 12.9 Å². The molecule has 0 fully saturated rings. The molecule has 1 aromatic heterocycles. The molecule has 7 heteroatoms. The van der Waals surface area contributed by atoms with Crippen LogP contribution < -0.4 is 5.32 Å². The van der Waals surface area contributed by atoms with E-state index in [0.717, 1.165) is 5.76 Å². The predicted molar refractivity (Wildman–Crippen MR) is 65.6 cm³/mol. The van der Waals surface area contributed by atoms with Gasteiger partial charge >= 0.3 is 7.12 Å². The molecule has 0 aromatic carbocycles. The number of furan rings is 1. The summed E-state index contributed by atoms with van der Waals surface area (Å²) in [6.07, 6.45) is 1.92. The van der Waals surface area contributed by atoms with Crippen LogP contribution in [0.15, 0.2) is 22.8 Å². The largest absolute Gasteiger partial charge is 0.467 e. The average molecular weight is 245 g/mol. The van der Waals surface area contributed by atoms with E-state index >= 15 is 0 Å². The van der Waals surface area contributed by atoms with E-state index in [1.165, 1.54) is 11.8 Å². The minimum Gasteiger partial charge on any atom is -0.467 e. The zero-order valence-electron chi connectivity index (χ0n) is 8.05. The van der Waals surface area contributed by atoms with Gasteiger partial charge in [-0.3, -0.25) is 0 Å². The van der Waals surface area contributed by atoms with Crippen LogP contribution in [-0.4, -0.2) is 27.2 Å². The molecule has 0 aliphatic carbocycles. The SMILES string of the molecule is OB(O)CCSC(=S)NCc1ccco1. The summed E-state index contributed by atoms with van der Waals surface area (Å²) >= 11 is 6.41. The van der Waals surface area contributed by atoms with Crippen LogP contribution in [0.1, 0.15) is 5.76 Å². The van der Waals surface area contributed by atoms with Crippen LogP contribution in [-0.2, 0) is 6.54 Å². The van der Waals surface area contributed by atoms with Gasteiger partial charge in [0.05, 0.1) is 12.8 Å². The first kappa shape index (κ1) is 12.6. The molecule has 0 aliphatic rings. The van der Waals surface area contributed by atoms with Gasteiger partial charge in [0.25, 0.3) is 0 Å². The van der Waals surface area contributed by atoms with Crippen molar-refractivity contribution in [1.82, 2.24) is 5.32 Å². The molecule has 1 aromatic rings. The second-order valence-corrected chi connectivity index (χ2v) is 4.61. The number of nitrogens with one attached hydrogen (secondary N) is 1. The van der Waals surface area contributed by atoms with E-state index in [0.29, 0.717) is 22.9 Å². The van der Waals surface area contributed by atoms with Crippen molar-refractivity contribution in [2.75, 3.05) is 5.75 Å². The highest BCUT2D eigenvalue weighted by atomic mass is 32.2. The van der Waals surface area contributed by atoms with E-state index < -0.39 is 7.12 Å². The fraction of sp³-hybridized carbons (Fsp3) is 0.375. The summed E-state index contributed by atoms with van der Waals surface area (Å²) in [5.41, 5.74) is 0. The van der Waals surface area contributed by atoms with Crippen molar-refractivity contribution in [3.8, 4) is 0 Å². The van der Waals surface area contributed by atoms with Crippen LogP contribution in [0.4, 0.5) is 0 Å². The lowest BCUT2D eigenvalue weighted by molar-refractivity contribution is 0.408. The Labute approximate surface area is 98.2 Å². The standard InChI is InChI=1S/C8H12BNO3S2/c11-9(12)3-5-15-8(14)10-6-7-2-1-4-13-7/h1-2,4,11-12H,3,5-6H2,(H,10,14). The van der Waals surface area contributed by atoms with Crippen LogP contribution >= 0.6 is 24.0 Å².